The minimum Gasteiger partial charge on any atom is -0.372 e. The number of anilines is 4. The first-order chi connectivity index (χ1) is 27.1. The Labute approximate surface area is 341 Å². The van der Waals surface area contributed by atoms with Gasteiger partial charge in [-0.2, -0.15) is 0 Å². The van der Waals surface area contributed by atoms with E-state index in [-0.39, 0.29) is 11.8 Å². The molecule has 0 spiro atoms. The van der Waals surface area contributed by atoms with Crippen LogP contribution in [0.25, 0.3) is 0 Å². The number of benzene rings is 5. The van der Waals surface area contributed by atoms with Crippen LogP contribution in [0.1, 0.15) is 123 Å². The molecule has 0 amide bonds. The SMILES string of the molecule is CCN(CC)c1ccc(C(c2ccc(C(c3ccc(N(CC)CC)cc3C)c3ccc(N(CC)CC)cc3C)cc2)c2ccc(N(CC)CC)cc2C)c(C)c1. The van der Waals surface area contributed by atoms with Crippen molar-refractivity contribution in [2.75, 3.05) is 72.0 Å². The van der Waals surface area contributed by atoms with Crippen LogP contribution in [0.5, 0.6) is 0 Å². The fraction of sp³-hybridized carbons (Fsp3) is 0.423. The predicted molar refractivity (Wildman–Crippen MR) is 247 cm³/mol. The Morgan fingerprint density at radius 2 is 0.500 bits per heavy atom. The predicted octanol–water partition coefficient (Wildman–Crippen LogP) is 12.7. The van der Waals surface area contributed by atoms with Crippen LogP contribution in [0.15, 0.2) is 97.1 Å². The molecule has 4 nitrogen and oxygen atoms in total. The van der Waals surface area contributed by atoms with Gasteiger partial charge in [-0.05, 0) is 187 Å². The summed E-state index contributed by atoms with van der Waals surface area (Å²) in [7, 11) is 0. The molecular formula is C52H70N4. The molecule has 0 aromatic heterocycles. The van der Waals surface area contributed by atoms with Gasteiger partial charge in [-0.3, -0.25) is 0 Å². The molecular weight excluding hydrogens is 681 g/mol. The van der Waals surface area contributed by atoms with Crippen LogP contribution in [0.4, 0.5) is 22.7 Å². The van der Waals surface area contributed by atoms with Crippen molar-refractivity contribution in [1.82, 2.24) is 0 Å². The highest BCUT2D eigenvalue weighted by molar-refractivity contribution is 5.61. The second-order valence-corrected chi connectivity index (χ2v) is 15.4. The summed E-state index contributed by atoms with van der Waals surface area (Å²) in [5.74, 6) is 0.230. The molecule has 0 N–H and O–H groups in total. The molecule has 5 aromatic carbocycles. The molecule has 0 bridgehead atoms. The minimum atomic E-state index is 0.115. The molecule has 0 radical (unpaired) electrons. The number of nitrogens with zero attached hydrogens (tertiary/aromatic N) is 4. The van der Waals surface area contributed by atoms with E-state index in [1.807, 2.05) is 0 Å². The summed E-state index contributed by atoms with van der Waals surface area (Å²) in [5, 5.41) is 0. The van der Waals surface area contributed by atoms with Gasteiger partial charge in [0, 0.05) is 86.9 Å². The summed E-state index contributed by atoms with van der Waals surface area (Å²) in [6, 6.07) is 38.2. The zero-order valence-corrected chi connectivity index (χ0v) is 36.8. The standard InChI is InChI=1S/C52H70N4/c1-13-53(14-2)43-25-29-47(37(9)33-43)51(48-30-26-44(34-38(48)10)54(15-3)16-4)41-21-23-42(24-22-41)52(49-31-27-45(35-39(49)11)55(17-5)18-6)50-32-28-46(36-40(50)12)56(19-7)20-8/h21-36,51-52H,13-20H2,1-12H3. The van der Waals surface area contributed by atoms with Crippen LogP contribution < -0.4 is 19.6 Å². The summed E-state index contributed by atoms with van der Waals surface area (Å²) in [6.45, 7) is 35.2. The Balaban J connectivity index is 1.67. The first-order valence-electron chi connectivity index (χ1n) is 21.6. The molecule has 56 heavy (non-hydrogen) atoms. The van der Waals surface area contributed by atoms with Crippen molar-refractivity contribution in [3.8, 4) is 0 Å². The molecule has 0 aliphatic heterocycles. The van der Waals surface area contributed by atoms with Crippen molar-refractivity contribution < 1.29 is 0 Å². The summed E-state index contributed by atoms with van der Waals surface area (Å²) in [5.41, 5.74) is 18.7. The van der Waals surface area contributed by atoms with E-state index < -0.39 is 0 Å². The molecule has 298 valence electrons. The smallest absolute Gasteiger partial charge is 0.0368 e. The third-order valence-electron chi connectivity index (χ3n) is 12.4. The topological polar surface area (TPSA) is 13.0 Å². The first-order valence-corrected chi connectivity index (χ1v) is 21.6. The lowest BCUT2D eigenvalue weighted by Crippen LogP contribution is -2.22. The molecule has 5 aromatic rings. The van der Waals surface area contributed by atoms with Gasteiger partial charge in [0.05, 0.1) is 0 Å². The molecule has 0 heterocycles. The number of rotatable bonds is 18. The van der Waals surface area contributed by atoms with Crippen LogP contribution in [-0.2, 0) is 0 Å². The second kappa shape index (κ2) is 19.4. The van der Waals surface area contributed by atoms with E-state index >= 15 is 0 Å². The summed E-state index contributed by atoms with van der Waals surface area (Å²) >= 11 is 0. The van der Waals surface area contributed by atoms with Gasteiger partial charge >= 0.3 is 0 Å². The van der Waals surface area contributed by atoms with Gasteiger partial charge in [0.15, 0.2) is 0 Å². The molecule has 5 rings (SSSR count). The van der Waals surface area contributed by atoms with E-state index in [0.717, 1.165) is 52.4 Å². The molecule has 0 aliphatic rings. The maximum atomic E-state index is 2.44. The number of hydrogen-bond donors (Lipinski definition) is 0. The molecule has 0 saturated heterocycles. The Hall–Kier alpha value is -4.70. The molecule has 0 unspecified atom stereocenters. The van der Waals surface area contributed by atoms with E-state index in [4.69, 9.17) is 0 Å². The van der Waals surface area contributed by atoms with E-state index in [9.17, 15) is 0 Å². The number of aryl methyl sites for hydroxylation is 4. The van der Waals surface area contributed by atoms with Gasteiger partial charge in [-0.25, -0.2) is 0 Å². The monoisotopic (exact) mass is 751 g/mol. The van der Waals surface area contributed by atoms with Crippen LogP contribution in [-0.4, -0.2) is 52.4 Å². The van der Waals surface area contributed by atoms with E-state index in [1.165, 1.54) is 78.4 Å². The molecule has 0 aliphatic carbocycles. The fourth-order valence-electron chi connectivity index (χ4n) is 9.01. The number of hydrogen-bond acceptors (Lipinski definition) is 4. The van der Waals surface area contributed by atoms with Crippen molar-refractivity contribution in [3.63, 3.8) is 0 Å². The molecule has 0 saturated carbocycles. The molecule has 4 heteroatoms. The van der Waals surface area contributed by atoms with Crippen molar-refractivity contribution in [2.24, 2.45) is 0 Å². The van der Waals surface area contributed by atoms with Crippen molar-refractivity contribution in [1.29, 1.82) is 0 Å². The summed E-state index contributed by atoms with van der Waals surface area (Å²) in [4.78, 5) is 9.77. The zero-order chi connectivity index (χ0) is 40.5. The molecule has 0 fully saturated rings. The zero-order valence-electron chi connectivity index (χ0n) is 36.8. The normalized spacial score (nSPS) is 11.4. The Morgan fingerprint density at radius 1 is 0.304 bits per heavy atom. The van der Waals surface area contributed by atoms with Crippen molar-refractivity contribution in [2.45, 2.75) is 94.9 Å². The summed E-state index contributed by atoms with van der Waals surface area (Å²) < 4.78 is 0. The van der Waals surface area contributed by atoms with Crippen LogP contribution in [0.2, 0.25) is 0 Å². The third-order valence-corrected chi connectivity index (χ3v) is 12.4. The highest BCUT2D eigenvalue weighted by atomic mass is 15.1. The van der Waals surface area contributed by atoms with E-state index in [0.29, 0.717) is 0 Å². The maximum absolute atomic E-state index is 2.44. The Bertz CT molecular complexity index is 1740. The van der Waals surface area contributed by atoms with Crippen molar-refractivity contribution >= 4 is 22.7 Å². The minimum absolute atomic E-state index is 0.115. The van der Waals surface area contributed by atoms with Crippen LogP contribution >= 0.6 is 0 Å². The maximum Gasteiger partial charge on any atom is 0.0368 e. The Kier molecular flexibility index (Phi) is 14.7. The van der Waals surface area contributed by atoms with E-state index in [2.05, 4.69) is 200 Å². The average molecular weight is 751 g/mol. The quantitative estimate of drug-likeness (QED) is 0.0827. The lowest BCUT2D eigenvalue weighted by atomic mass is 9.78. The van der Waals surface area contributed by atoms with Gasteiger partial charge in [0.25, 0.3) is 0 Å². The van der Waals surface area contributed by atoms with E-state index in [1.54, 1.807) is 0 Å². The lowest BCUT2D eigenvalue weighted by molar-refractivity contribution is 0.858. The Morgan fingerprint density at radius 3 is 0.661 bits per heavy atom. The highest BCUT2D eigenvalue weighted by Gasteiger charge is 2.25. The van der Waals surface area contributed by atoms with Crippen LogP contribution in [0, 0.1) is 27.7 Å². The summed E-state index contributed by atoms with van der Waals surface area (Å²) in [6.07, 6.45) is 0. The second-order valence-electron chi connectivity index (χ2n) is 15.4. The lowest BCUT2D eigenvalue weighted by Gasteiger charge is -2.29. The van der Waals surface area contributed by atoms with Crippen molar-refractivity contribution in [3.05, 3.63) is 153 Å². The van der Waals surface area contributed by atoms with Gasteiger partial charge in [-0.1, -0.05) is 48.5 Å². The van der Waals surface area contributed by atoms with Gasteiger partial charge in [-0.15, -0.1) is 0 Å². The van der Waals surface area contributed by atoms with Gasteiger partial charge in [0.1, 0.15) is 0 Å². The van der Waals surface area contributed by atoms with Gasteiger partial charge in [0.2, 0.25) is 0 Å². The van der Waals surface area contributed by atoms with Gasteiger partial charge < -0.3 is 19.6 Å². The third kappa shape index (κ3) is 8.96. The fourth-order valence-corrected chi connectivity index (χ4v) is 9.01. The molecule has 0 atom stereocenters. The first kappa shape index (κ1) is 42.4. The average Bonchev–Trinajstić information content (AvgIpc) is 3.20. The van der Waals surface area contributed by atoms with Crippen LogP contribution in [0.3, 0.4) is 0 Å². The highest BCUT2D eigenvalue weighted by Crippen LogP contribution is 2.41. The largest absolute Gasteiger partial charge is 0.372 e.